The molecule has 0 fully saturated rings. The van der Waals surface area contributed by atoms with Gasteiger partial charge >= 0.3 is 5.97 Å². The molecular formula is C28H56O2. The number of hydrogen-bond donors (Lipinski definition) is 1. The topological polar surface area (TPSA) is 37.3 Å². The number of hydrogen-bond acceptors (Lipinski definition) is 1. The maximum atomic E-state index is 11.1. The highest BCUT2D eigenvalue weighted by atomic mass is 16.4. The minimum atomic E-state index is -0.627. The van der Waals surface area contributed by atoms with Gasteiger partial charge in [0.2, 0.25) is 0 Å². The lowest BCUT2D eigenvalue weighted by atomic mass is 9.84. The van der Waals surface area contributed by atoms with E-state index in [0.717, 1.165) is 24.2 Å². The van der Waals surface area contributed by atoms with Crippen LogP contribution in [-0.2, 0) is 4.79 Å². The van der Waals surface area contributed by atoms with E-state index < -0.39 is 5.97 Å². The minimum absolute atomic E-state index is 0.348. The maximum Gasteiger partial charge on any atom is 0.303 e. The summed E-state index contributed by atoms with van der Waals surface area (Å²) in [5.74, 6) is 2.36. The van der Waals surface area contributed by atoms with E-state index in [9.17, 15) is 4.79 Å². The fraction of sp³-hybridized carbons (Fsp3) is 0.964. The van der Waals surface area contributed by atoms with E-state index >= 15 is 0 Å². The Balaban J connectivity index is 3.97. The van der Waals surface area contributed by atoms with Crippen molar-refractivity contribution in [2.75, 3.05) is 0 Å². The Morgan fingerprint density at radius 3 is 1.63 bits per heavy atom. The fourth-order valence-electron chi connectivity index (χ4n) is 5.05. The molecule has 0 aromatic carbocycles. The molecule has 0 aliphatic carbocycles. The van der Waals surface area contributed by atoms with Gasteiger partial charge in [-0.2, -0.15) is 0 Å². The first-order valence-electron chi connectivity index (χ1n) is 13.6. The second-order valence-electron chi connectivity index (χ2n) is 10.8. The molecule has 0 rings (SSSR count). The summed E-state index contributed by atoms with van der Waals surface area (Å²) in [6, 6.07) is 0. The molecule has 3 unspecified atom stereocenters. The third-order valence-electron chi connectivity index (χ3n) is 6.74. The molecule has 30 heavy (non-hydrogen) atoms. The molecule has 2 heteroatoms. The first kappa shape index (κ1) is 29.5. The number of carboxylic acid groups (broad SMARTS) is 1. The number of carbonyl (C=O) groups is 1. The van der Waals surface area contributed by atoms with E-state index in [1.165, 1.54) is 103 Å². The smallest absolute Gasteiger partial charge is 0.303 e. The van der Waals surface area contributed by atoms with E-state index in [2.05, 4.69) is 34.6 Å². The number of rotatable bonds is 22. The van der Waals surface area contributed by atoms with Crippen LogP contribution in [0.4, 0.5) is 0 Å². The average molecular weight is 425 g/mol. The van der Waals surface area contributed by atoms with Crippen LogP contribution in [0.2, 0.25) is 0 Å². The predicted molar refractivity (Wildman–Crippen MR) is 133 cm³/mol. The molecule has 0 spiro atoms. The third kappa shape index (κ3) is 20.7. The van der Waals surface area contributed by atoms with Gasteiger partial charge in [-0.25, -0.2) is 0 Å². The Bertz CT molecular complexity index is 377. The van der Waals surface area contributed by atoms with Crippen LogP contribution in [0.5, 0.6) is 0 Å². The zero-order valence-electron chi connectivity index (χ0n) is 21.4. The molecule has 0 aliphatic rings. The van der Waals surface area contributed by atoms with Gasteiger partial charge in [-0.1, -0.05) is 125 Å². The summed E-state index contributed by atoms with van der Waals surface area (Å²) in [7, 11) is 0. The molecule has 2 nitrogen and oxygen atoms in total. The van der Waals surface area contributed by atoms with Gasteiger partial charge in [0.15, 0.2) is 0 Å². The molecule has 0 aliphatic heterocycles. The summed E-state index contributed by atoms with van der Waals surface area (Å²) in [5, 5.41) is 9.12. The second-order valence-corrected chi connectivity index (χ2v) is 10.8. The molecule has 0 aromatic heterocycles. The van der Waals surface area contributed by atoms with E-state index in [1.54, 1.807) is 0 Å². The Morgan fingerprint density at radius 1 is 0.633 bits per heavy atom. The summed E-state index contributed by atoms with van der Waals surface area (Å²) < 4.78 is 0. The van der Waals surface area contributed by atoms with Gasteiger partial charge < -0.3 is 5.11 Å². The lowest BCUT2D eigenvalue weighted by Crippen LogP contribution is -2.10. The molecule has 0 aromatic rings. The van der Waals surface area contributed by atoms with Gasteiger partial charge in [-0.05, 0) is 42.9 Å². The maximum absolute atomic E-state index is 11.1. The monoisotopic (exact) mass is 424 g/mol. The minimum Gasteiger partial charge on any atom is -0.481 e. The highest BCUT2D eigenvalue weighted by molar-refractivity contribution is 5.66. The zero-order chi connectivity index (χ0) is 22.6. The quantitative estimate of drug-likeness (QED) is 0.176. The standard InChI is InChI=1S/C28H56O2/c1-6-7-8-9-10-11-12-13-14-15-19-27(20-21-28(29)30)23-26(5)18-16-17-25(4)22-24(2)3/h24-27H,6-23H2,1-5H3,(H,29,30). The lowest BCUT2D eigenvalue weighted by Gasteiger charge is -2.21. The van der Waals surface area contributed by atoms with Crippen LogP contribution >= 0.6 is 0 Å². The van der Waals surface area contributed by atoms with Gasteiger partial charge in [0.25, 0.3) is 0 Å². The van der Waals surface area contributed by atoms with Gasteiger partial charge in [0.1, 0.15) is 0 Å². The van der Waals surface area contributed by atoms with Crippen molar-refractivity contribution in [1.29, 1.82) is 0 Å². The van der Waals surface area contributed by atoms with E-state index in [-0.39, 0.29) is 0 Å². The largest absolute Gasteiger partial charge is 0.481 e. The molecule has 0 heterocycles. The summed E-state index contributed by atoms with van der Waals surface area (Å²) in [5.41, 5.74) is 0. The lowest BCUT2D eigenvalue weighted by molar-refractivity contribution is -0.137. The first-order valence-corrected chi connectivity index (χ1v) is 13.6. The Labute approximate surface area is 190 Å². The van der Waals surface area contributed by atoms with Crippen molar-refractivity contribution in [1.82, 2.24) is 0 Å². The number of carboxylic acids is 1. The Hall–Kier alpha value is -0.530. The average Bonchev–Trinajstić information content (AvgIpc) is 2.66. The van der Waals surface area contributed by atoms with Crippen LogP contribution in [-0.4, -0.2) is 11.1 Å². The van der Waals surface area contributed by atoms with Crippen LogP contribution < -0.4 is 0 Å². The molecule has 1 N–H and O–H groups in total. The number of aliphatic carboxylic acids is 1. The first-order chi connectivity index (χ1) is 14.3. The highest BCUT2D eigenvalue weighted by Crippen LogP contribution is 2.27. The molecular weight excluding hydrogens is 368 g/mol. The van der Waals surface area contributed by atoms with E-state index in [4.69, 9.17) is 5.11 Å². The van der Waals surface area contributed by atoms with Gasteiger partial charge in [0.05, 0.1) is 0 Å². The van der Waals surface area contributed by atoms with Crippen molar-refractivity contribution in [2.45, 2.75) is 150 Å². The SMILES string of the molecule is CCCCCCCCCCCCC(CCC(=O)O)CC(C)CCCC(C)CC(C)C. The van der Waals surface area contributed by atoms with Gasteiger partial charge in [-0.15, -0.1) is 0 Å². The van der Waals surface area contributed by atoms with Crippen molar-refractivity contribution in [3.8, 4) is 0 Å². The molecule has 0 saturated carbocycles. The van der Waals surface area contributed by atoms with Crippen molar-refractivity contribution in [3.05, 3.63) is 0 Å². The van der Waals surface area contributed by atoms with Gasteiger partial charge in [-0.3, -0.25) is 4.79 Å². The van der Waals surface area contributed by atoms with Crippen LogP contribution in [0.3, 0.4) is 0 Å². The molecule has 3 atom stereocenters. The van der Waals surface area contributed by atoms with E-state index in [0.29, 0.717) is 12.3 Å². The summed E-state index contributed by atoms with van der Waals surface area (Å²) in [6.07, 6.45) is 22.8. The number of unbranched alkanes of at least 4 members (excludes halogenated alkanes) is 9. The molecule has 180 valence electrons. The Kier molecular flexibility index (Phi) is 20.0. The summed E-state index contributed by atoms with van der Waals surface area (Å²) in [6.45, 7) is 11.7. The van der Waals surface area contributed by atoms with E-state index in [1.807, 2.05) is 0 Å². The third-order valence-corrected chi connectivity index (χ3v) is 6.74. The molecule has 0 radical (unpaired) electrons. The predicted octanol–water partition coefficient (Wildman–Crippen LogP) is 9.66. The molecule has 0 saturated heterocycles. The Morgan fingerprint density at radius 2 is 1.13 bits per heavy atom. The molecule has 0 amide bonds. The van der Waals surface area contributed by atoms with Gasteiger partial charge in [0, 0.05) is 6.42 Å². The van der Waals surface area contributed by atoms with Crippen molar-refractivity contribution < 1.29 is 9.90 Å². The normalized spacial score (nSPS) is 14.7. The van der Waals surface area contributed by atoms with Crippen molar-refractivity contribution in [3.63, 3.8) is 0 Å². The zero-order valence-corrected chi connectivity index (χ0v) is 21.4. The van der Waals surface area contributed by atoms with Crippen molar-refractivity contribution >= 4 is 5.97 Å². The summed E-state index contributed by atoms with van der Waals surface area (Å²) >= 11 is 0. The second kappa shape index (κ2) is 20.4. The van der Waals surface area contributed by atoms with Crippen LogP contribution in [0.25, 0.3) is 0 Å². The highest BCUT2D eigenvalue weighted by Gasteiger charge is 2.15. The summed E-state index contributed by atoms with van der Waals surface area (Å²) in [4.78, 5) is 11.1. The fourth-order valence-corrected chi connectivity index (χ4v) is 5.05. The van der Waals surface area contributed by atoms with Crippen LogP contribution in [0.15, 0.2) is 0 Å². The van der Waals surface area contributed by atoms with Crippen LogP contribution in [0, 0.1) is 23.7 Å². The molecule has 0 bridgehead atoms. The van der Waals surface area contributed by atoms with Crippen molar-refractivity contribution in [2.24, 2.45) is 23.7 Å². The van der Waals surface area contributed by atoms with Crippen LogP contribution in [0.1, 0.15) is 150 Å².